The van der Waals surface area contributed by atoms with Crippen molar-refractivity contribution in [2.75, 3.05) is 0 Å². The zero-order chi connectivity index (χ0) is 40.6. The zero-order valence-corrected chi connectivity index (χ0v) is 41.7. The minimum atomic E-state index is -2.04. The maximum absolute atomic E-state index is 6.23. The Morgan fingerprint density at radius 3 is 1.97 bits per heavy atom. The van der Waals surface area contributed by atoms with Crippen LogP contribution in [0.1, 0.15) is 50.3 Å². The van der Waals surface area contributed by atoms with E-state index >= 15 is 0 Å². The van der Waals surface area contributed by atoms with Gasteiger partial charge in [0.05, 0.1) is 8.07 Å². The Bertz CT molecular complexity index is 2850. The number of furan rings is 1. The van der Waals surface area contributed by atoms with Crippen molar-refractivity contribution in [1.29, 1.82) is 0 Å². The number of benzene rings is 5. The molecule has 0 aliphatic heterocycles. The molecule has 0 fully saturated rings. The summed E-state index contributed by atoms with van der Waals surface area (Å²) < 4.78 is 10.4. The molecule has 1 unspecified atom stereocenters. The summed E-state index contributed by atoms with van der Waals surface area (Å²) in [4.78, 5) is 9.83. The van der Waals surface area contributed by atoms with Gasteiger partial charge >= 0.3 is 206 Å². The van der Waals surface area contributed by atoms with Crippen molar-refractivity contribution in [1.82, 2.24) is 9.97 Å². The molecule has 59 heavy (non-hydrogen) atoms. The Morgan fingerprint density at radius 1 is 0.678 bits per heavy atom. The molecule has 9 aromatic rings. The molecule has 0 N–H and O–H groups in total. The number of nitrogens with zero attached hydrogens (tertiary/aromatic N) is 2. The average Bonchev–Trinajstić information content (AvgIpc) is 3.84. The molecule has 0 bridgehead atoms. The first kappa shape index (κ1) is 42.9. The summed E-state index contributed by atoms with van der Waals surface area (Å²) in [5.74, 6) is 0.178. The van der Waals surface area contributed by atoms with E-state index in [0.29, 0.717) is 0 Å². The van der Waals surface area contributed by atoms with Crippen LogP contribution in [-0.2, 0) is 20.1 Å². The van der Waals surface area contributed by atoms with Gasteiger partial charge in [0.1, 0.15) is 0 Å². The van der Waals surface area contributed by atoms with E-state index in [1.807, 2.05) is 29.5 Å². The van der Waals surface area contributed by atoms with Gasteiger partial charge in [0, 0.05) is 31.0 Å². The van der Waals surface area contributed by atoms with Crippen LogP contribution in [0, 0.1) is 19.1 Å². The van der Waals surface area contributed by atoms with E-state index in [0.717, 1.165) is 39.1 Å². The van der Waals surface area contributed by atoms with E-state index in [4.69, 9.17) is 14.4 Å². The monoisotopic (exact) mass is 1050 g/mol. The molecule has 1 radical (unpaired) electrons. The molecule has 9 rings (SSSR count). The molecule has 0 saturated carbocycles. The normalized spacial score (nSPS) is 12.4. The second-order valence-corrected chi connectivity index (χ2v) is 33.8. The number of thiophene rings is 1. The minimum absolute atomic E-state index is 0. The standard InChI is InChI=1S/C31H32GeNO.C21H20NSSi.Ir/c1-5-32(6-2,7-3)24-17-19-27(33-21-24)25-18-20-29-31(26-15-11-12-16-28(26)34-29)30(25)22(4)23-13-9-8-10-14-23;1-14-9-11-16(18-12-10-15(13-22-18)24(2,3)4)21-20(14)17-7-5-6-8-19(17)23-21;/h8-17,19-22H,5-7H2,1-4H3;5-10,12-13H,1-4H3;/q2*-1;. The van der Waals surface area contributed by atoms with E-state index in [-0.39, 0.29) is 26.0 Å². The van der Waals surface area contributed by atoms with Gasteiger partial charge in [-0.25, -0.2) is 0 Å². The van der Waals surface area contributed by atoms with Crippen molar-refractivity contribution in [3.63, 3.8) is 0 Å². The third-order valence-corrected chi connectivity index (χ3v) is 27.4. The maximum Gasteiger partial charge on any atom is 0.0795 e. The number of para-hydroxylation sites is 1. The Hall–Kier alpha value is -4.17. The van der Waals surface area contributed by atoms with Gasteiger partial charge in [-0.1, -0.05) is 62.3 Å². The van der Waals surface area contributed by atoms with Gasteiger partial charge in [-0.15, -0.1) is 23.3 Å². The van der Waals surface area contributed by atoms with Crippen molar-refractivity contribution in [3.05, 3.63) is 156 Å². The van der Waals surface area contributed by atoms with Gasteiger partial charge in [-0.2, -0.15) is 11.3 Å². The molecule has 0 spiro atoms. The second kappa shape index (κ2) is 17.8. The number of aryl methyl sites for hydroxylation is 1. The Balaban J connectivity index is 0.000000186. The Labute approximate surface area is 371 Å². The summed E-state index contributed by atoms with van der Waals surface area (Å²) in [6.45, 7) is 18.6. The van der Waals surface area contributed by atoms with Gasteiger partial charge < -0.3 is 4.98 Å². The molecular formula is C52H52GeIrN2OSSi-2. The van der Waals surface area contributed by atoms with Gasteiger partial charge in [-0.3, -0.25) is 0 Å². The van der Waals surface area contributed by atoms with Crippen LogP contribution in [0.3, 0.4) is 0 Å². The number of rotatable bonds is 9. The predicted octanol–water partition coefficient (Wildman–Crippen LogP) is 14.1. The van der Waals surface area contributed by atoms with Gasteiger partial charge in [0.25, 0.3) is 0 Å². The van der Waals surface area contributed by atoms with Crippen molar-refractivity contribution in [2.45, 2.75) is 75.9 Å². The number of pyridine rings is 2. The fraction of sp³-hybridized carbons (Fsp3) is 0.231. The van der Waals surface area contributed by atoms with Crippen LogP contribution in [0.2, 0.25) is 35.4 Å². The number of hydrogen-bond donors (Lipinski definition) is 0. The first-order chi connectivity index (χ1) is 28.1. The third-order valence-electron chi connectivity index (χ3n) is 12.4. The Kier molecular flexibility index (Phi) is 13.0. The van der Waals surface area contributed by atoms with Gasteiger partial charge in [0.15, 0.2) is 0 Å². The van der Waals surface area contributed by atoms with E-state index in [1.54, 1.807) is 0 Å². The van der Waals surface area contributed by atoms with Gasteiger partial charge in [-0.05, 0) is 27.0 Å². The fourth-order valence-corrected chi connectivity index (χ4v) is 18.3. The first-order valence-electron chi connectivity index (χ1n) is 20.7. The minimum Gasteiger partial charge on any atom is -0.305 e. The molecule has 0 amide bonds. The summed E-state index contributed by atoms with van der Waals surface area (Å²) >= 11 is -0.198. The summed E-state index contributed by atoms with van der Waals surface area (Å²) in [7, 11) is -1.32. The van der Waals surface area contributed by atoms with E-state index < -0.39 is 21.3 Å². The predicted molar refractivity (Wildman–Crippen MR) is 256 cm³/mol. The number of aromatic nitrogens is 2. The molecule has 1 atom stereocenters. The van der Waals surface area contributed by atoms with Crippen LogP contribution in [0.15, 0.2) is 132 Å². The van der Waals surface area contributed by atoms with Gasteiger partial charge in [0.2, 0.25) is 0 Å². The molecule has 4 heterocycles. The van der Waals surface area contributed by atoms with E-state index in [9.17, 15) is 0 Å². The number of fused-ring (bicyclic) bond motifs is 6. The fourth-order valence-electron chi connectivity index (χ4n) is 8.66. The maximum atomic E-state index is 6.23. The second-order valence-electron chi connectivity index (χ2n) is 16.7. The summed E-state index contributed by atoms with van der Waals surface area (Å²) in [6, 6.07) is 47.8. The topological polar surface area (TPSA) is 38.9 Å². The van der Waals surface area contributed by atoms with Crippen molar-refractivity contribution < 1.29 is 24.5 Å². The largest absolute Gasteiger partial charge is 0.305 e. The van der Waals surface area contributed by atoms with Crippen molar-refractivity contribution in [3.8, 4) is 22.5 Å². The van der Waals surface area contributed by atoms with E-state index in [1.165, 1.54) is 67.6 Å². The van der Waals surface area contributed by atoms with Crippen LogP contribution in [0.25, 0.3) is 64.6 Å². The quantitative estimate of drug-likeness (QED) is 0.107. The van der Waals surface area contributed by atoms with Crippen molar-refractivity contribution >= 4 is 84.4 Å². The molecule has 4 aromatic heterocycles. The zero-order valence-electron chi connectivity index (χ0n) is 35.4. The molecule has 301 valence electrons. The molecule has 3 nitrogen and oxygen atoms in total. The molecule has 0 saturated heterocycles. The van der Waals surface area contributed by atoms with Crippen LogP contribution in [-0.4, -0.2) is 31.3 Å². The van der Waals surface area contributed by atoms with Crippen LogP contribution < -0.4 is 9.58 Å². The smallest absolute Gasteiger partial charge is 0.0795 e. The van der Waals surface area contributed by atoms with Crippen LogP contribution in [0.5, 0.6) is 0 Å². The van der Waals surface area contributed by atoms with Crippen LogP contribution >= 0.6 is 11.3 Å². The Morgan fingerprint density at radius 2 is 1.31 bits per heavy atom. The first-order valence-corrected chi connectivity index (χ1v) is 30.6. The van der Waals surface area contributed by atoms with Crippen LogP contribution in [0.4, 0.5) is 0 Å². The summed E-state index contributed by atoms with van der Waals surface area (Å²) in [5.41, 5.74) is 9.82. The van der Waals surface area contributed by atoms with Crippen molar-refractivity contribution in [2.24, 2.45) is 0 Å². The number of hydrogen-bond acceptors (Lipinski definition) is 4. The molecular weight excluding hydrogens is 994 g/mol. The molecule has 5 aromatic carbocycles. The average molecular weight is 1050 g/mol. The summed E-state index contributed by atoms with van der Waals surface area (Å²) in [5, 5.41) is 10.3. The SMILES string of the molecule is C[CH2][Ge]([CH2]C)([CH2]C)[c]1ccc(-c2[c-]cc3oc4ccccc4c3c2C(C)c2ccccc2)nc1.Cc1c[c-]c(-c2ccc([Si](C)(C)C)cn2)c2sc3ccccc3c12.[Ir]. The molecule has 0 aliphatic carbocycles. The third kappa shape index (κ3) is 8.20. The summed E-state index contributed by atoms with van der Waals surface area (Å²) in [6.07, 6.45) is 4.24. The van der Waals surface area contributed by atoms with E-state index in [2.05, 4.69) is 176 Å². The molecule has 7 heteroatoms. The molecule has 0 aliphatic rings.